The van der Waals surface area contributed by atoms with E-state index in [0.29, 0.717) is 13.0 Å². The monoisotopic (exact) mass is 270 g/mol. The molecule has 1 aromatic carbocycles. The fraction of sp³-hybridized carbons (Fsp3) is 0.133. The highest BCUT2D eigenvalue weighted by molar-refractivity contribution is 7.08. The minimum atomic E-state index is -0.0256. The normalized spacial score (nSPS) is 9.53. The second-order valence-corrected chi connectivity index (χ2v) is 4.72. The van der Waals surface area contributed by atoms with Gasteiger partial charge in [0.25, 0.3) is 0 Å². The number of hydrogen-bond donors (Lipinski definition) is 2. The SMILES string of the molecule is NCC#Cc1cccc(NC(=O)Cc2ccsc2)c1. The maximum Gasteiger partial charge on any atom is 0.228 e. The molecule has 0 saturated carbocycles. The lowest BCUT2D eigenvalue weighted by Gasteiger charge is -2.04. The number of nitrogens with one attached hydrogen (secondary N) is 1. The number of carbonyl (C=O) groups is 1. The van der Waals surface area contributed by atoms with Gasteiger partial charge in [0.15, 0.2) is 0 Å². The number of amides is 1. The van der Waals surface area contributed by atoms with Gasteiger partial charge in [0.1, 0.15) is 0 Å². The van der Waals surface area contributed by atoms with Gasteiger partial charge in [0.05, 0.1) is 13.0 Å². The van der Waals surface area contributed by atoms with Crippen molar-refractivity contribution in [1.82, 2.24) is 0 Å². The molecule has 0 aliphatic heterocycles. The zero-order valence-corrected chi connectivity index (χ0v) is 11.2. The molecular formula is C15H14N2OS. The van der Waals surface area contributed by atoms with Crippen molar-refractivity contribution in [3.05, 3.63) is 52.2 Å². The van der Waals surface area contributed by atoms with Crippen molar-refractivity contribution < 1.29 is 4.79 Å². The van der Waals surface area contributed by atoms with Gasteiger partial charge in [-0.05, 0) is 40.6 Å². The molecule has 0 atom stereocenters. The largest absolute Gasteiger partial charge is 0.326 e. The summed E-state index contributed by atoms with van der Waals surface area (Å²) in [5.74, 6) is 5.70. The van der Waals surface area contributed by atoms with Crippen molar-refractivity contribution in [2.75, 3.05) is 11.9 Å². The molecule has 0 unspecified atom stereocenters. The van der Waals surface area contributed by atoms with Crippen LogP contribution in [-0.2, 0) is 11.2 Å². The zero-order valence-electron chi connectivity index (χ0n) is 10.3. The van der Waals surface area contributed by atoms with E-state index in [1.54, 1.807) is 11.3 Å². The molecule has 1 aromatic heterocycles. The van der Waals surface area contributed by atoms with E-state index in [9.17, 15) is 4.79 Å². The Morgan fingerprint density at radius 1 is 1.37 bits per heavy atom. The first-order chi connectivity index (χ1) is 9.28. The third kappa shape index (κ3) is 4.25. The van der Waals surface area contributed by atoms with Gasteiger partial charge in [-0.1, -0.05) is 17.9 Å². The van der Waals surface area contributed by atoms with Crippen molar-refractivity contribution in [3.63, 3.8) is 0 Å². The summed E-state index contributed by atoms with van der Waals surface area (Å²) < 4.78 is 0. The lowest BCUT2D eigenvalue weighted by atomic mass is 10.2. The molecule has 19 heavy (non-hydrogen) atoms. The highest BCUT2D eigenvalue weighted by Crippen LogP contribution is 2.12. The van der Waals surface area contributed by atoms with E-state index in [4.69, 9.17) is 5.73 Å². The molecule has 1 heterocycles. The van der Waals surface area contributed by atoms with Gasteiger partial charge in [-0.25, -0.2) is 0 Å². The summed E-state index contributed by atoms with van der Waals surface area (Å²) in [7, 11) is 0. The summed E-state index contributed by atoms with van der Waals surface area (Å²) in [4.78, 5) is 11.8. The van der Waals surface area contributed by atoms with Crippen LogP contribution in [0, 0.1) is 11.8 Å². The number of rotatable bonds is 3. The predicted octanol–water partition coefficient (Wildman–Crippen LogP) is 2.24. The Labute approximate surface area is 116 Å². The molecule has 0 bridgehead atoms. The van der Waals surface area contributed by atoms with Crippen LogP contribution in [0.25, 0.3) is 0 Å². The first kappa shape index (κ1) is 13.3. The molecule has 0 spiro atoms. The van der Waals surface area contributed by atoms with Crippen LogP contribution in [0.2, 0.25) is 0 Å². The van der Waals surface area contributed by atoms with Crippen molar-refractivity contribution >= 4 is 22.9 Å². The maximum absolute atomic E-state index is 11.8. The number of hydrogen-bond acceptors (Lipinski definition) is 3. The quantitative estimate of drug-likeness (QED) is 0.840. The smallest absolute Gasteiger partial charge is 0.228 e. The molecule has 96 valence electrons. The maximum atomic E-state index is 11.8. The van der Waals surface area contributed by atoms with E-state index < -0.39 is 0 Å². The van der Waals surface area contributed by atoms with Crippen molar-refractivity contribution in [2.24, 2.45) is 5.73 Å². The van der Waals surface area contributed by atoms with Gasteiger partial charge < -0.3 is 11.1 Å². The van der Waals surface area contributed by atoms with Crippen LogP contribution in [0.3, 0.4) is 0 Å². The summed E-state index contributed by atoms with van der Waals surface area (Å²) in [6.07, 6.45) is 0.391. The molecule has 0 aliphatic carbocycles. The molecule has 0 aliphatic rings. The Morgan fingerprint density at radius 3 is 3.00 bits per heavy atom. The van der Waals surface area contributed by atoms with Crippen LogP contribution in [-0.4, -0.2) is 12.5 Å². The summed E-state index contributed by atoms with van der Waals surface area (Å²) in [5, 5.41) is 6.80. The highest BCUT2D eigenvalue weighted by Gasteiger charge is 2.04. The summed E-state index contributed by atoms with van der Waals surface area (Å²) in [6, 6.07) is 9.39. The molecule has 0 fully saturated rings. The first-order valence-electron chi connectivity index (χ1n) is 5.88. The third-order valence-corrected chi connectivity index (χ3v) is 3.16. The number of carbonyl (C=O) groups excluding carboxylic acids is 1. The molecule has 1 amide bonds. The van der Waals surface area contributed by atoms with E-state index in [0.717, 1.165) is 16.8 Å². The zero-order chi connectivity index (χ0) is 13.5. The molecule has 2 rings (SSSR count). The molecule has 3 N–H and O–H groups in total. The summed E-state index contributed by atoms with van der Waals surface area (Å²) in [5.41, 5.74) is 7.96. The van der Waals surface area contributed by atoms with Crippen LogP contribution in [0.4, 0.5) is 5.69 Å². The lowest BCUT2D eigenvalue weighted by molar-refractivity contribution is -0.115. The van der Waals surface area contributed by atoms with Crippen LogP contribution >= 0.6 is 11.3 Å². The van der Waals surface area contributed by atoms with E-state index in [2.05, 4.69) is 17.2 Å². The Hall–Kier alpha value is -2.09. The highest BCUT2D eigenvalue weighted by atomic mass is 32.1. The van der Waals surface area contributed by atoms with Crippen molar-refractivity contribution in [1.29, 1.82) is 0 Å². The van der Waals surface area contributed by atoms with E-state index >= 15 is 0 Å². The number of nitrogens with two attached hydrogens (primary N) is 1. The molecule has 3 nitrogen and oxygen atoms in total. The van der Waals surface area contributed by atoms with Gasteiger partial charge in [0.2, 0.25) is 5.91 Å². The van der Waals surface area contributed by atoms with Gasteiger partial charge in [-0.2, -0.15) is 11.3 Å². The predicted molar refractivity (Wildman–Crippen MR) is 79.0 cm³/mol. The number of thiophene rings is 1. The topological polar surface area (TPSA) is 55.1 Å². The molecule has 0 saturated heterocycles. The van der Waals surface area contributed by atoms with E-state index in [1.165, 1.54) is 0 Å². The molecule has 2 aromatic rings. The Bertz CT molecular complexity index is 609. The molecular weight excluding hydrogens is 256 g/mol. The fourth-order valence-corrected chi connectivity index (χ4v) is 2.28. The van der Waals surface area contributed by atoms with Crippen molar-refractivity contribution in [3.8, 4) is 11.8 Å². The van der Waals surface area contributed by atoms with Gasteiger partial charge in [-0.3, -0.25) is 4.79 Å². The Balaban J connectivity index is 2.00. The Morgan fingerprint density at radius 2 is 2.26 bits per heavy atom. The van der Waals surface area contributed by atoms with Gasteiger partial charge in [-0.15, -0.1) is 0 Å². The standard InChI is InChI=1S/C15H14N2OS/c16-7-2-4-12-3-1-5-14(9-12)17-15(18)10-13-6-8-19-11-13/h1,3,5-6,8-9,11H,7,10,16H2,(H,17,18). The fourth-order valence-electron chi connectivity index (χ4n) is 1.61. The van der Waals surface area contributed by atoms with E-state index in [-0.39, 0.29) is 5.91 Å². The lowest BCUT2D eigenvalue weighted by Crippen LogP contribution is -2.13. The first-order valence-corrected chi connectivity index (χ1v) is 6.82. The minimum absolute atomic E-state index is 0.0256. The third-order valence-electron chi connectivity index (χ3n) is 2.43. The Kier molecular flexibility index (Phi) is 4.73. The van der Waals surface area contributed by atoms with Crippen LogP contribution in [0.1, 0.15) is 11.1 Å². The molecule has 0 radical (unpaired) electrons. The minimum Gasteiger partial charge on any atom is -0.326 e. The second-order valence-electron chi connectivity index (χ2n) is 3.94. The molecule has 4 heteroatoms. The second kappa shape index (κ2) is 6.74. The van der Waals surface area contributed by atoms with Crippen LogP contribution in [0.5, 0.6) is 0 Å². The number of anilines is 1. The average Bonchev–Trinajstić information content (AvgIpc) is 2.89. The van der Waals surface area contributed by atoms with Crippen LogP contribution < -0.4 is 11.1 Å². The van der Waals surface area contributed by atoms with Crippen molar-refractivity contribution in [2.45, 2.75) is 6.42 Å². The van der Waals surface area contributed by atoms with Crippen LogP contribution in [0.15, 0.2) is 41.1 Å². The summed E-state index contributed by atoms with van der Waals surface area (Å²) in [6.45, 7) is 0.328. The van der Waals surface area contributed by atoms with E-state index in [1.807, 2.05) is 41.1 Å². The van der Waals surface area contributed by atoms with Gasteiger partial charge in [0, 0.05) is 11.3 Å². The van der Waals surface area contributed by atoms with Gasteiger partial charge >= 0.3 is 0 Å². The summed E-state index contributed by atoms with van der Waals surface area (Å²) >= 11 is 1.59. The number of benzene rings is 1. The average molecular weight is 270 g/mol.